The lowest BCUT2D eigenvalue weighted by molar-refractivity contribution is -0.123. The second-order valence-electron chi connectivity index (χ2n) is 8.26. The number of rotatable bonds is 4. The predicted molar refractivity (Wildman–Crippen MR) is 110 cm³/mol. The van der Waals surface area contributed by atoms with E-state index in [1.807, 2.05) is 0 Å². The first-order valence-corrected chi connectivity index (χ1v) is 9.95. The number of hydrogen-bond donors (Lipinski definition) is 1. The largest absolute Gasteiger partial charge is 0.348 e. The molecule has 0 unspecified atom stereocenters. The average molecular weight is 430 g/mol. The quantitative estimate of drug-likeness (QED) is 0.691. The Balaban J connectivity index is 1.62. The van der Waals surface area contributed by atoms with Crippen LogP contribution in [0.25, 0.3) is 5.69 Å². The van der Waals surface area contributed by atoms with E-state index >= 15 is 0 Å². The smallest absolute Gasteiger partial charge is 0.267 e. The summed E-state index contributed by atoms with van der Waals surface area (Å²) in [6, 6.07) is 8.62. The SMILES string of the molecule is CC1(C)Cc2c(cnn2-c2cccc(F)c2)[C@@H](NC(=O)Cn2nc(Cl)ccc2=O)C1. The highest BCUT2D eigenvalue weighted by molar-refractivity contribution is 6.29. The van der Waals surface area contributed by atoms with Crippen LogP contribution in [0.5, 0.6) is 0 Å². The monoisotopic (exact) mass is 429 g/mol. The molecule has 7 nitrogen and oxygen atoms in total. The standard InChI is InChI=1S/C21H21ClFN5O2/c1-21(2)9-16(25-19(29)12-27-20(30)7-6-18(22)26-27)15-11-24-28(17(15)10-21)14-5-3-4-13(23)8-14/h3-8,11,16H,9-10,12H2,1-2H3,(H,25,29)/t16-/m0/s1. The van der Waals surface area contributed by atoms with Crippen LogP contribution < -0.4 is 10.9 Å². The van der Waals surface area contributed by atoms with Crippen LogP contribution in [0, 0.1) is 11.2 Å². The summed E-state index contributed by atoms with van der Waals surface area (Å²) in [6.07, 6.45) is 3.16. The van der Waals surface area contributed by atoms with Gasteiger partial charge in [0, 0.05) is 11.6 Å². The van der Waals surface area contributed by atoms with Gasteiger partial charge in [0.2, 0.25) is 5.91 Å². The molecule has 30 heavy (non-hydrogen) atoms. The summed E-state index contributed by atoms with van der Waals surface area (Å²) in [5.41, 5.74) is 1.94. The minimum absolute atomic E-state index is 0.110. The van der Waals surface area contributed by atoms with Gasteiger partial charge < -0.3 is 5.32 Å². The van der Waals surface area contributed by atoms with Crippen LogP contribution >= 0.6 is 11.6 Å². The second kappa shape index (κ2) is 7.68. The second-order valence-corrected chi connectivity index (χ2v) is 8.64. The molecule has 1 aliphatic rings. The van der Waals surface area contributed by atoms with Gasteiger partial charge in [-0.3, -0.25) is 9.59 Å². The Morgan fingerprint density at radius 2 is 2.13 bits per heavy atom. The fourth-order valence-electron chi connectivity index (χ4n) is 3.91. The molecule has 1 N–H and O–H groups in total. The van der Waals surface area contributed by atoms with E-state index in [-0.39, 0.29) is 34.9 Å². The summed E-state index contributed by atoms with van der Waals surface area (Å²) in [5.74, 6) is -0.685. The molecule has 0 aliphatic heterocycles. The van der Waals surface area contributed by atoms with Crippen LogP contribution in [0.15, 0.2) is 47.4 Å². The van der Waals surface area contributed by atoms with Gasteiger partial charge in [0.25, 0.3) is 5.56 Å². The zero-order valence-corrected chi connectivity index (χ0v) is 17.4. The molecule has 4 rings (SSSR count). The van der Waals surface area contributed by atoms with Crippen molar-refractivity contribution in [3.63, 3.8) is 0 Å². The van der Waals surface area contributed by atoms with Gasteiger partial charge in [0.15, 0.2) is 0 Å². The maximum atomic E-state index is 13.7. The van der Waals surface area contributed by atoms with E-state index in [9.17, 15) is 14.0 Å². The maximum absolute atomic E-state index is 13.7. The van der Waals surface area contributed by atoms with Crippen molar-refractivity contribution in [2.75, 3.05) is 0 Å². The van der Waals surface area contributed by atoms with Crippen LogP contribution in [0.2, 0.25) is 5.15 Å². The van der Waals surface area contributed by atoms with Crippen LogP contribution in [0.3, 0.4) is 0 Å². The predicted octanol–water partition coefficient (Wildman–Crippen LogP) is 3.05. The van der Waals surface area contributed by atoms with Gasteiger partial charge >= 0.3 is 0 Å². The first kappa shape index (κ1) is 20.3. The Hall–Kier alpha value is -3.00. The zero-order chi connectivity index (χ0) is 21.5. The summed E-state index contributed by atoms with van der Waals surface area (Å²) in [7, 11) is 0. The fourth-order valence-corrected chi connectivity index (χ4v) is 4.07. The molecule has 2 aromatic heterocycles. The van der Waals surface area contributed by atoms with Crippen molar-refractivity contribution >= 4 is 17.5 Å². The third kappa shape index (κ3) is 4.14. The number of halogens is 2. The number of amides is 1. The maximum Gasteiger partial charge on any atom is 0.267 e. The van der Waals surface area contributed by atoms with Crippen molar-refractivity contribution in [2.45, 2.75) is 39.3 Å². The Morgan fingerprint density at radius 1 is 1.33 bits per heavy atom. The van der Waals surface area contributed by atoms with E-state index < -0.39 is 5.56 Å². The molecule has 3 aromatic rings. The number of aromatic nitrogens is 4. The highest BCUT2D eigenvalue weighted by atomic mass is 35.5. The fraction of sp³-hybridized carbons (Fsp3) is 0.333. The van der Waals surface area contributed by atoms with Gasteiger partial charge in [-0.25, -0.2) is 13.8 Å². The highest BCUT2D eigenvalue weighted by Gasteiger charge is 2.36. The molecule has 0 fully saturated rings. The van der Waals surface area contributed by atoms with Gasteiger partial charge in [-0.2, -0.15) is 10.2 Å². The van der Waals surface area contributed by atoms with Crippen molar-refractivity contribution in [2.24, 2.45) is 5.41 Å². The summed E-state index contributed by atoms with van der Waals surface area (Å²) >= 11 is 5.83. The summed E-state index contributed by atoms with van der Waals surface area (Å²) in [6.45, 7) is 3.99. The number of hydrogen-bond acceptors (Lipinski definition) is 4. The van der Waals surface area contributed by atoms with E-state index in [0.29, 0.717) is 12.1 Å². The molecular formula is C21H21ClFN5O2. The number of benzene rings is 1. The van der Waals surface area contributed by atoms with Crippen LogP contribution in [0.1, 0.15) is 37.6 Å². The van der Waals surface area contributed by atoms with E-state index in [4.69, 9.17) is 11.6 Å². The molecule has 156 valence electrons. The number of carbonyl (C=O) groups excluding carboxylic acids is 1. The van der Waals surface area contributed by atoms with Crippen LogP contribution in [0.4, 0.5) is 4.39 Å². The molecule has 0 bridgehead atoms. The minimum Gasteiger partial charge on any atom is -0.348 e. The average Bonchev–Trinajstić information content (AvgIpc) is 3.07. The van der Waals surface area contributed by atoms with Gasteiger partial charge in [0.05, 0.1) is 23.6 Å². The van der Waals surface area contributed by atoms with E-state index in [1.54, 1.807) is 23.0 Å². The molecule has 0 radical (unpaired) electrons. The molecule has 1 aromatic carbocycles. The van der Waals surface area contributed by atoms with Gasteiger partial charge in [-0.05, 0) is 42.5 Å². The van der Waals surface area contributed by atoms with Crippen LogP contribution in [-0.4, -0.2) is 25.5 Å². The lowest BCUT2D eigenvalue weighted by Gasteiger charge is -2.36. The third-order valence-electron chi connectivity index (χ3n) is 5.19. The molecule has 0 saturated carbocycles. The van der Waals surface area contributed by atoms with Crippen molar-refractivity contribution < 1.29 is 9.18 Å². The van der Waals surface area contributed by atoms with Crippen molar-refractivity contribution in [1.29, 1.82) is 0 Å². The highest BCUT2D eigenvalue weighted by Crippen LogP contribution is 2.41. The molecule has 1 aliphatic carbocycles. The minimum atomic E-state index is -0.405. The lowest BCUT2D eigenvalue weighted by atomic mass is 9.74. The summed E-state index contributed by atoms with van der Waals surface area (Å²) in [4.78, 5) is 24.6. The number of nitrogens with zero attached hydrogens (tertiary/aromatic N) is 4. The summed E-state index contributed by atoms with van der Waals surface area (Å²) < 4.78 is 16.5. The first-order valence-electron chi connectivity index (χ1n) is 9.58. The van der Waals surface area contributed by atoms with E-state index in [0.717, 1.165) is 22.4 Å². The van der Waals surface area contributed by atoms with Gasteiger partial charge in [-0.1, -0.05) is 31.5 Å². The molecular weight excluding hydrogens is 409 g/mol. The first-order chi connectivity index (χ1) is 14.2. The Kier molecular flexibility index (Phi) is 5.19. The topological polar surface area (TPSA) is 81.8 Å². The number of carbonyl (C=O) groups is 1. The van der Waals surface area contributed by atoms with E-state index in [1.165, 1.54) is 24.3 Å². The number of nitrogens with one attached hydrogen (secondary N) is 1. The molecule has 0 spiro atoms. The molecule has 9 heteroatoms. The molecule has 1 atom stereocenters. The Morgan fingerprint density at radius 3 is 2.90 bits per heavy atom. The molecule has 0 saturated heterocycles. The van der Waals surface area contributed by atoms with Crippen LogP contribution in [-0.2, 0) is 17.8 Å². The van der Waals surface area contributed by atoms with Gasteiger partial charge in [0.1, 0.15) is 17.5 Å². The number of fused-ring (bicyclic) bond motifs is 1. The zero-order valence-electron chi connectivity index (χ0n) is 16.6. The normalized spacial score (nSPS) is 17.4. The summed E-state index contributed by atoms with van der Waals surface area (Å²) in [5, 5.41) is 11.5. The van der Waals surface area contributed by atoms with E-state index in [2.05, 4.69) is 29.4 Å². The van der Waals surface area contributed by atoms with Gasteiger partial charge in [-0.15, -0.1) is 0 Å². The third-order valence-corrected chi connectivity index (χ3v) is 5.40. The Labute approximate surface area is 177 Å². The van der Waals surface area contributed by atoms with Crippen molar-refractivity contribution in [1.82, 2.24) is 24.9 Å². The molecule has 1 amide bonds. The Bertz CT molecular complexity index is 1170. The molecule has 2 heterocycles. The van der Waals surface area contributed by atoms with Crippen molar-refractivity contribution in [3.05, 3.63) is 75.2 Å². The lowest BCUT2D eigenvalue weighted by Crippen LogP contribution is -2.39. The van der Waals surface area contributed by atoms with Crippen molar-refractivity contribution in [3.8, 4) is 5.69 Å².